The monoisotopic (exact) mass is 122 g/mol. The first-order valence-corrected chi connectivity index (χ1v) is 3.64. The molecule has 1 fully saturated rings. The lowest BCUT2D eigenvalue weighted by Crippen LogP contribution is -1.78. The molecule has 0 aromatic carbocycles. The van der Waals surface area contributed by atoms with Crippen LogP contribution in [0.1, 0.15) is 26.2 Å². The Morgan fingerprint density at radius 2 is 2.33 bits per heavy atom. The molecule has 1 aliphatic rings. The zero-order valence-electron chi connectivity index (χ0n) is 6.06. The second-order valence-electron chi connectivity index (χ2n) is 2.72. The van der Waals surface area contributed by atoms with Crippen LogP contribution in [0.4, 0.5) is 0 Å². The van der Waals surface area contributed by atoms with E-state index in [4.69, 9.17) is 0 Å². The van der Waals surface area contributed by atoms with E-state index in [2.05, 4.69) is 19.6 Å². The summed E-state index contributed by atoms with van der Waals surface area (Å²) in [5.41, 5.74) is 1.41. The molecule has 0 atom stereocenters. The average molecular weight is 122 g/mol. The molecule has 0 aromatic rings. The predicted octanol–water partition coefficient (Wildman–Crippen LogP) is 2.92. The van der Waals surface area contributed by atoms with Gasteiger partial charge in [-0.25, -0.2) is 0 Å². The first-order valence-electron chi connectivity index (χ1n) is 3.64. The molecule has 1 aliphatic carbocycles. The third kappa shape index (κ3) is 2.05. The van der Waals surface area contributed by atoms with E-state index in [1.807, 2.05) is 6.08 Å². The molecule has 1 rings (SSSR count). The zero-order valence-corrected chi connectivity index (χ0v) is 6.06. The van der Waals surface area contributed by atoms with Gasteiger partial charge in [0.05, 0.1) is 0 Å². The second kappa shape index (κ2) is 2.86. The Labute approximate surface area is 57.3 Å². The summed E-state index contributed by atoms with van der Waals surface area (Å²) in [7, 11) is 0. The number of hydrogen-bond acceptors (Lipinski definition) is 0. The van der Waals surface area contributed by atoms with Crippen molar-refractivity contribution < 1.29 is 0 Å². The Kier molecular flexibility index (Phi) is 2.10. The molecule has 0 spiro atoms. The van der Waals surface area contributed by atoms with E-state index in [1.165, 1.54) is 24.8 Å². The van der Waals surface area contributed by atoms with Crippen molar-refractivity contribution in [2.45, 2.75) is 26.2 Å². The Bertz CT molecular complexity index is 127. The van der Waals surface area contributed by atoms with E-state index in [0.29, 0.717) is 0 Å². The minimum absolute atomic E-state index is 0.995. The topological polar surface area (TPSA) is 0 Å². The van der Waals surface area contributed by atoms with Crippen molar-refractivity contribution in [3.05, 3.63) is 24.3 Å². The van der Waals surface area contributed by atoms with E-state index in [-0.39, 0.29) is 0 Å². The summed E-state index contributed by atoms with van der Waals surface area (Å²) in [5.74, 6) is 0.995. The summed E-state index contributed by atoms with van der Waals surface area (Å²) in [5, 5.41) is 0. The van der Waals surface area contributed by atoms with Crippen LogP contribution in [0.5, 0.6) is 0 Å². The van der Waals surface area contributed by atoms with Crippen LogP contribution in [0.2, 0.25) is 0 Å². The van der Waals surface area contributed by atoms with Gasteiger partial charge in [-0.15, -0.1) is 0 Å². The zero-order chi connectivity index (χ0) is 6.69. The van der Waals surface area contributed by atoms with Crippen molar-refractivity contribution in [3.63, 3.8) is 0 Å². The van der Waals surface area contributed by atoms with Crippen molar-refractivity contribution in [1.29, 1.82) is 0 Å². The van der Waals surface area contributed by atoms with Crippen LogP contribution in [-0.2, 0) is 0 Å². The molecule has 0 saturated heterocycles. The average Bonchev–Trinajstić information content (AvgIpc) is 2.66. The van der Waals surface area contributed by atoms with E-state index >= 15 is 0 Å². The van der Waals surface area contributed by atoms with Crippen LogP contribution in [0.15, 0.2) is 24.3 Å². The molecular formula is C9H14. The predicted molar refractivity (Wildman–Crippen MR) is 41.3 cm³/mol. The van der Waals surface area contributed by atoms with Gasteiger partial charge in [0.2, 0.25) is 0 Å². The first kappa shape index (κ1) is 6.60. The lowest BCUT2D eigenvalue weighted by Gasteiger charge is -1.95. The fraction of sp³-hybridized carbons (Fsp3) is 0.556. The summed E-state index contributed by atoms with van der Waals surface area (Å²) in [6, 6.07) is 0. The van der Waals surface area contributed by atoms with Gasteiger partial charge in [-0.2, -0.15) is 0 Å². The highest BCUT2D eigenvalue weighted by atomic mass is 14.3. The SMILES string of the molecule is C=CC(=CC)CC1CC1. The second-order valence-corrected chi connectivity index (χ2v) is 2.72. The number of allylic oxidation sites excluding steroid dienone is 3. The normalized spacial score (nSPS) is 19.9. The Morgan fingerprint density at radius 3 is 2.67 bits per heavy atom. The van der Waals surface area contributed by atoms with Crippen molar-refractivity contribution in [1.82, 2.24) is 0 Å². The smallest absolute Gasteiger partial charge is 0.0254 e. The minimum atomic E-state index is 0.995. The maximum atomic E-state index is 3.74. The Balaban J connectivity index is 2.29. The van der Waals surface area contributed by atoms with Gasteiger partial charge in [0.1, 0.15) is 0 Å². The van der Waals surface area contributed by atoms with Gasteiger partial charge in [-0.05, 0) is 32.1 Å². The summed E-state index contributed by atoms with van der Waals surface area (Å²) >= 11 is 0. The van der Waals surface area contributed by atoms with E-state index in [9.17, 15) is 0 Å². The van der Waals surface area contributed by atoms with Crippen molar-refractivity contribution in [2.24, 2.45) is 5.92 Å². The standard InChI is InChI=1S/C9H14/c1-3-8(4-2)7-9-5-6-9/h3-4,9H,1,5-7H2,2H3. The van der Waals surface area contributed by atoms with Crippen LogP contribution in [0.25, 0.3) is 0 Å². The van der Waals surface area contributed by atoms with Gasteiger partial charge in [0.15, 0.2) is 0 Å². The minimum Gasteiger partial charge on any atom is -0.0988 e. The van der Waals surface area contributed by atoms with E-state index < -0.39 is 0 Å². The quantitative estimate of drug-likeness (QED) is 0.505. The largest absolute Gasteiger partial charge is 0.0988 e. The lowest BCUT2D eigenvalue weighted by atomic mass is 10.1. The highest BCUT2D eigenvalue weighted by Gasteiger charge is 2.20. The molecule has 0 aromatic heterocycles. The summed E-state index contributed by atoms with van der Waals surface area (Å²) in [6.07, 6.45) is 8.26. The van der Waals surface area contributed by atoms with Gasteiger partial charge < -0.3 is 0 Å². The third-order valence-electron chi connectivity index (χ3n) is 1.85. The maximum Gasteiger partial charge on any atom is -0.0254 e. The first-order chi connectivity index (χ1) is 4.36. The number of hydrogen-bond donors (Lipinski definition) is 0. The maximum absolute atomic E-state index is 3.74. The van der Waals surface area contributed by atoms with E-state index in [1.54, 1.807) is 0 Å². The molecule has 0 radical (unpaired) electrons. The molecule has 0 unspecified atom stereocenters. The number of rotatable bonds is 3. The molecule has 9 heavy (non-hydrogen) atoms. The van der Waals surface area contributed by atoms with Crippen molar-refractivity contribution in [3.8, 4) is 0 Å². The summed E-state index contributed by atoms with van der Waals surface area (Å²) in [4.78, 5) is 0. The fourth-order valence-electron chi connectivity index (χ4n) is 0.974. The van der Waals surface area contributed by atoms with Gasteiger partial charge in [-0.1, -0.05) is 24.3 Å². The van der Waals surface area contributed by atoms with Crippen LogP contribution >= 0.6 is 0 Å². The molecule has 0 nitrogen and oxygen atoms in total. The molecule has 0 heterocycles. The van der Waals surface area contributed by atoms with Crippen molar-refractivity contribution in [2.75, 3.05) is 0 Å². The van der Waals surface area contributed by atoms with Gasteiger partial charge in [-0.3, -0.25) is 0 Å². The van der Waals surface area contributed by atoms with Crippen LogP contribution < -0.4 is 0 Å². The molecule has 0 heteroatoms. The summed E-state index contributed by atoms with van der Waals surface area (Å²) < 4.78 is 0. The van der Waals surface area contributed by atoms with Crippen molar-refractivity contribution >= 4 is 0 Å². The molecule has 0 bridgehead atoms. The molecule has 0 N–H and O–H groups in total. The van der Waals surface area contributed by atoms with Gasteiger partial charge >= 0.3 is 0 Å². The summed E-state index contributed by atoms with van der Waals surface area (Å²) in [6.45, 7) is 5.83. The molecule has 0 aliphatic heterocycles. The Morgan fingerprint density at radius 1 is 1.67 bits per heavy atom. The van der Waals surface area contributed by atoms with Crippen LogP contribution in [0, 0.1) is 5.92 Å². The fourth-order valence-corrected chi connectivity index (χ4v) is 0.974. The van der Waals surface area contributed by atoms with Crippen LogP contribution in [-0.4, -0.2) is 0 Å². The highest BCUT2D eigenvalue weighted by molar-refractivity contribution is 5.16. The lowest BCUT2D eigenvalue weighted by molar-refractivity contribution is 0.835. The van der Waals surface area contributed by atoms with E-state index in [0.717, 1.165) is 5.92 Å². The third-order valence-corrected chi connectivity index (χ3v) is 1.85. The van der Waals surface area contributed by atoms with Crippen LogP contribution in [0.3, 0.4) is 0 Å². The molecule has 0 amide bonds. The molecule has 50 valence electrons. The van der Waals surface area contributed by atoms with Gasteiger partial charge in [0.25, 0.3) is 0 Å². The molecular weight excluding hydrogens is 108 g/mol. The highest BCUT2D eigenvalue weighted by Crippen LogP contribution is 2.35. The Hall–Kier alpha value is -0.520. The molecule has 1 saturated carbocycles. The van der Waals surface area contributed by atoms with Gasteiger partial charge in [0, 0.05) is 0 Å².